The molecule has 0 saturated carbocycles. The summed E-state index contributed by atoms with van der Waals surface area (Å²) in [6.45, 7) is 2.97. The second-order valence-corrected chi connectivity index (χ2v) is 1.31. The highest BCUT2D eigenvalue weighted by molar-refractivity contribution is 5.85. The van der Waals surface area contributed by atoms with Gasteiger partial charge in [0.25, 0.3) is 0 Å². The zero-order valence-corrected chi connectivity index (χ0v) is 6.29. The Balaban J connectivity index is 0. The summed E-state index contributed by atoms with van der Waals surface area (Å²) in [7, 11) is 3.50. The zero-order valence-electron chi connectivity index (χ0n) is 5.47. The second kappa shape index (κ2) is 7.17. The molecule has 4 heteroatoms. The summed E-state index contributed by atoms with van der Waals surface area (Å²) >= 11 is 0. The summed E-state index contributed by atoms with van der Waals surface area (Å²) in [6.07, 6.45) is 0. The Morgan fingerprint density at radius 3 is 2.25 bits per heavy atom. The van der Waals surface area contributed by atoms with Gasteiger partial charge < -0.3 is 0 Å². The maximum Gasteiger partial charge on any atom is 0.0588 e. The third-order valence-electron chi connectivity index (χ3n) is 0.721. The molecule has 0 unspecified atom stereocenters. The minimum atomic E-state index is 0. The fourth-order valence-electron chi connectivity index (χ4n) is 0.220. The van der Waals surface area contributed by atoms with Gasteiger partial charge in [0.05, 0.1) is 7.11 Å². The molecule has 0 radical (unpaired) electrons. The standard InChI is InChI=1S/C4H12N2O.ClH/c1-4-6(2)5-7-3;/h5H,4H2,1-3H3;1H. The van der Waals surface area contributed by atoms with Crippen molar-refractivity contribution in [3.8, 4) is 0 Å². The van der Waals surface area contributed by atoms with Gasteiger partial charge in [-0.15, -0.1) is 18.0 Å². The monoisotopic (exact) mass is 140 g/mol. The largest absolute Gasteiger partial charge is 0.290 e. The van der Waals surface area contributed by atoms with Crippen LogP contribution in [-0.4, -0.2) is 25.7 Å². The Morgan fingerprint density at radius 1 is 1.62 bits per heavy atom. The highest BCUT2D eigenvalue weighted by atomic mass is 35.5. The smallest absolute Gasteiger partial charge is 0.0588 e. The van der Waals surface area contributed by atoms with Crippen LogP contribution >= 0.6 is 12.4 Å². The lowest BCUT2D eigenvalue weighted by Gasteiger charge is -2.11. The van der Waals surface area contributed by atoms with E-state index in [1.54, 1.807) is 7.11 Å². The van der Waals surface area contributed by atoms with Gasteiger partial charge in [-0.3, -0.25) is 4.84 Å². The average Bonchev–Trinajstić information content (AvgIpc) is 1.68. The van der Waals surface area contributed by atoms with Gasteiger partial charge in [-0.25, -0.2) is 5.01 Å². The van der Waals surface area contributed by atoms with Crippen molar-refractivity contribution in [2.45, 2.75) is 6.92 Å². The number of hydrogen-bond acceptors (Lipinski definition) is 3. The lowest BCUT2D eigenvalue weighted by Crippen LogP contribution is -2.32. The summed E-state index contributed by atoms with van der Waals surface area (Å²) in [5.74, 6) is 0. The van der Waals surface area contributed by atoms with Crippen molar-refractivity contribution in [1.82, 2.24) is 10.6 Å². The molecule has 0 spiro atoms. The van der Waals surface area contributed by atoms with Gasteiger partial charge in [0, 0.05) is 13.6 Å². The molecule has 0 amide bonds. The predicted octanol–water partition coefficient (Wildman–Crippen LogP) is 0.426. The lowest BCUT2D eigenvalue weighted by molar-refractivity contribution is -0.0384. The van der Waals surface area contributed by atoms with Crippen LogP contribution in [0.3, 0.4) is 0 Å². The first kappa shape index (κ1) is 11.0. The van der Waals surface area contributed by atoms with Crippen molar-refractivity contribution in [3.63, 3.8) is 0 Å². The molecule has 0 saturated heterocycles. The Morgan fingerprint density at radius 2 is 2.12 bits per heavy atom. The number of rotatable bonds is 3. The predicted molar refractivity (Wildman–Crippen MR) is 35.7 cm³/mol. The SMILES string of the molecule is CCN(C)NOC.Cl. The van der Waals surface area contributed by atoms with E-state index in [0.29, 0.717) is 0 Å². The molecule has 0 aliphatic carbocycles. The van der Waals surface area contributed by atoms with Gasteiger partial charge in [0.15, 0.2) is 0 Å². The zero-order chi connectivity index (χ0) is 5.70. The summed E-state index contributed by atoms with van der Waals surface area (Å²) in [5, 5.41) is 1.83. The summed E-state index contributed by atoms with van der Waals surface area (Å²) < 4.78 is 0. The van der Waals surface area contributed by atoms with E-state index in [4.69, 9.17) is 0 Å². The first-order chi connectivity index (χ1) is 3.31. The molecule has 0 rings (SSSR count). The average molecular weight is 141 g/mol. The summed E-state index contributed by atoms with van der Waals surface area (Å²) in [6, 6.07) is 0. The Hall–Kier alpha value is 0.170. The van der Waals surface area contributed by atoms with Gasteiger partial charge in [0.2, 0.25) is 0 Å². The van der Waals surface area contributed by atoms with E-state index in [1.807, 2.05) is 19.0 Å². The van der Waals surface area contributed by atoms with E-state index >= 15 is 0 Å². The number of halogens is 1. The van der Waals surface area contributed by atoms with Gasteiger partial charge in [-0.2, -0.15) is 0 Å². The van der Waals surface area contributed by atoms with Crippen LogP contribution in [0.25, 0.3) is 0 Å². The summed E-state index contributed by atoms with van der Waals surface area (Å²) in [5.41, 5.74) is 2.63. The van der Waals surface area contributed by atoms with Crippen LogP contribution in [-0.2, 0) is 4.84 Å². The molecule has 52 valence electrons. The molecule has 0 aromatic carbocycles. The molecule has 0 aromatic heterocycles. The molecule has 0 heterocycles. The number of nitrogens with one attached hydrogen (secondary N) is 1. The van der Waals surface area contributed by atoms with Crippen LogP contribution in [0.1, 0.15) is 6.92 Å². The molecular weight excluding hydrogens is 128 g/mol. The first-order valence-electron chi connectivity index (χ1n) is 2.31. The van der Waals surface area contributed by atoms with E-state index in [2.05, 4.69) is 10.4 Å². The van der Waals surface area contributed by atoms with Gasteiger partial charge in [0.1, 0.15) is 0 Å². The third kappa shape index (κ3) is 6.17. The fraction of sp³-hybridized carbons (Fsp3) is 1.00. The van der Waals surface area contributed by atoms with Gasteiger partial charge in [-0.05, 0) is 0 Å². The molecule has 0 atom stereocenters. The number of hydrogen-bond donors (Lipinski definition) is 1. The minimum absolute atomic E-state index is 0. The molecule has 0 aliphatic heterocycles. The first-order valence-corrected chi connectivity index (χ1v) is 2.31. The van der Waals surface area contributed by atoms with Crippen molar-refractivity contribution < 1.29 is 4.84 Å². The lowest BCUT2D eigenvalue weighted by atomic mass is 10.8. The quantitative estimate of drug-likeness (QED) is 0.576. The Labute approximate surface area is 56.3 Å². The minimum Gasteiger partial charge on any atom is -0.290 e. The van der Waals surface area contributed by atoms with Crippen LogP contribution in [0.5, 0.6) is 0 Å². The maximum absolute atomic E-state index is 4.57. The van der Waals surface area contributed by atoms with E-state index in [-0.39, 0.29) is 12.4 Å². The molecule has 8 heavy (non-hydrogen) atoms. The van der Waals surface area contributed by atoms with Gasteiger partial charge >= 0.3 is 0 Å². The highest BCUT2D eigenvalue weighted by Crippen LogP contribution is 1.68. The molecule has 0 fully saturated rings. The van der Waals surface area contributed by atoms with E-state index in [9.17, 15) is 0 Å². The van der Waals surface area contributed by atoms with Crippen LogP contribution in [0.2, 0.25) is 0 Å². The van der Waals surface area contributed by atoms with Crippen LogP contribution in [0.15, 0.2) is 0 Å². The molecular formula is C4H13ClN2O. The molecule has 3 nitrogen and oxygen atoms in total. The van der Waals surface area contributed by atoms with E-state index in [0.717, 1.165) is 6.54 Å². The van der Waals surface area contributed by atoms with Gasteiger partial charge in [-0.1, -0.05) is 6.92 Å². The Bertz CT molecular complexity index is 45.0. The van der Waals surface area contributed by atoms with Crippen LogP contribution < -0.4 is 5.59 Å². The number of nitrogens with zero attached hydrogens (tertiary/aromatic N) is 1. The molecule has 1 N–H and O–H groups in total. The van der Waals surface area contributed by atoms with E-state index < -0.39 is 0 Å². The maximum atomic E-state index is 4.57. The van der Waals surface area contributed by atoms with Crippen molar-refractivity contribution in [1.29, 1.82) is 0 Å². The topological polar surface area (TPSA) is 24.5 Å². The second-order valence-electron chi connectivity index (χ2n) is 1.31. The van der Waals surface area contributed by atoms with Crippen molar-refractivity contribution >= 4 is 12.4 Å². The van der Waals surface area contributed by atoms with E-state index in [1.165, 1.54) is 0 Å². The normalized spacial score (nSPS) is 9.00. The summed E-state index contributed by atoms with van der Waals surface area (Å²) in [4.78, 5) is 4.57. The molecule has 0 aromatic rings. The highest BCUT2D eigenvalue weighted by Gasteiger charge is 1.84. The molecule has 0 aliphatic rings. The van der Waals surface area contributed by atoms with Crippen molar-refractivity contribution in [2.24, 2.45) is 0 Å². The van der Waals surface area contributed by atoms with Crippen LogP contribution in [0, 0.1) is 0 Å². The fourth-order valence-corrected chi connectivity index (χ4v) is 0.220. The Kier molecular flexibility index (Phi) is 9.89. The molecule has 0 bridgehead atoms. The third-order valence-corrected chi connectivity index (χ3v) is 0.721. The van der Waals surface area contributed by atoms with Crippen LogP contribution in [0.4, 0.5) is 0 Å². The number of hydrazine groups is 1. The van der Waals surface area contributed by atoms with Crippen molar-refractivity contribution in [3.05, 3.63) is 0 Å². The van der Waals surface area contributed by atoms with Crippen molar-refractivity contribution in [2.75, 3.05) is 20.7 Å².